The van der Waals surface area contributed by atoms with Crippen LogP contribution in [0.25, 0.3) is 11.1 Å². The lowest BCUT2D eigenvalue weighted by molar-refractivity contribution is -0.141. The van der Waals surface area contributed by atoms with E-state index < -0.39 is 11.5 Å². The molecule has 7 nitrogen and oxygen atoms in total. The van der Waals surface area contributed by atoms with Crippen molar-refractivity contribution in [2.24, 2.45) is 16.6 Å². The van der Waals surface area contributed by atoms with E-state index in [1.165, 1.54) is 11.1 Å². The fourth-order valence-corrected chi connectivity index (χ4v) is 4.39. The number of fused-ring (bicyclic) bond motifs is 4. The number of pyridine rings is 1. The molecule has 144 valence electrons. The van der Waals surface area contributed by atoms with Crippen molar-refractivity contribution in [2.75, 3.05) is 20.3 Å². The summed E-state index contributed by atoms with van der Waals surface area (Å²) in [7, 11) is 1.61. The summed E-state index contributed by atoms with van der Waals surface area (Å²) in [6.07, 6.45) is 1.86. The number of likely N-dealkylation sites (N-methyl/N-ethyl adjacent to an activating group) is 1. The Kier molecular flexibility index (Phi) is 3.67. The van der Waals surface area contributed by atoms with Gasteiger partial charge in [0, 0.05) is 30.8 Å². The number of rotatable bonds is 1. The highest BCUT2D eigenvalue weighted by Crippen LogP contribution is 2.51. The van der Waals surface area contributed by atoms with Crippen molar-refractivity contribution in [3.05, 3.63) is 48.0 Å². The maximum Gasteiger partial charge on any atom is 0.262 e. The van der Waals surface area contributed by atoms with Crippen LogP contribution in [0.2, 0.25) is 0 Å². The predicted molar refractivity (Wildman–Crippen MR) is 99.0 cm³/mol. The van der Waals surface area contributed by atoms with Crippen molar-refractivity contribution in [3.63, 3.8) is 0 Å². The van der Waals surface area contributed by atoms with Gasteiger partial charge in [0.1, 0.15) is 11.9 Å². The van der Waals surface area contributed by atoms with Gasteiger partial charge in [-0.15, -0.1) is 0 Å². The SMILES string of the molecule is CN1C(=O)[C@]2(N=C1N)c1cc(-c3cccnc3F)ccc1OC1CCOC[C@H]12. The Morgan fingerprint density at radius 1 is 1.36 bits per heavy atom. The van der Waals surface area contributed by atoms with E-state index in [0.717, 1.165) is 0 Å². The molecule has 3 aliphatic heterocycles. The van der Waals surface area contributed by atoms with Gasteiger partial charge in [-0.25, -0.2) is 9.98 Å². The number of amides is 1. The Hall–Kier alpha value is -3.00. The second kappa shape index (κ2) is 6.00. The minimum Gasteiger partial charge on any atom is -0.489 e. The summed E-state index contributed by atoms with van der Waals surface area (Å²) in [6.45, 7) is 0.904. The number of aromatic nitrogens is 1. The van der Waals surface area contributed by atoms with Crippen LogP contribution in [0.4, 0.5) is 4.39 Å². The third kappa shape index (κ3) is 2.21. The lowest BCUT2D eigenvalue weighted by Gasteiger charge is -2.45. The van der Waals surface area contributed by atoms with Crippen molar-refractivity contribution in [3.8, 4) is 16.9 Å². The standard InChI is InChI=1S/C20H19FN4O3/c1-25-18(26)20(24-19(25)22)13-9-11(12-3-2-7-23-17(12)21)4-5-15(13)28-16-6-8-27-10-14(16)20/h2-5,7,9,14,16H,6,8,10H2,1H3,(H2,22,24)/t14-,16?,20+/m1/s1. The van der Waals surface area contributed by atoms with Crippen LogP contribution < -0.4 is 10.5 Å². The average molecular weight is 382 g/mol. The van der Waals surface area contributed by atoms with E-state index in [1.54, 1.807) is 37.4 Å². The molecule has 3 atom stereocenters. The molecular weight excluding hydrogens is 363 g/mol. The third-order valence-electron chi connectivity index (χ3n) is 5.83. The Morgan fingerprint density at radius 2 is 2.21 bits per heavy atom. The maximum absolute atomic E-state index is 14.3. The van der Waals surface area contributed by atoms with E-state index in [-0.39, 0.29) is 23.9 Å². The van der Waals surface area contributed by atoms with Crippen LogP contribution in [-0.2, 0) is 15.1 Å². The quantitative estimate of drug-likeness (QED) is 0.758. The fraction of sp³-hybridized carbons (Fsp3) is 0.350. The molecule has 4 heterocycles. The number of halogens is 1. The van der Waals surface area contributed by atoms with Crippen LogP contribution in [0.15, 0.2) is 41.5 Å². The second-order valence-electron chi connectivity index (χ2n) is 7.28. The molecule has 3 aliphatic rings. The van der Waals surface area contributed by atoms with Gasteiger partial charge in [-0.05, 0) is 29.8 Å². The van der Waals surface area contributed by atoms with Gasteiger partial charge < -0.3 is 15.2 Å². The lowest BCUT2D eigenvalue weighted by atomic mass is 9.71. The molecule has 0 aliphatic carbocycles. The minimum absolute atomic E-state index is 0.153. The number of benzene rings is 1. The molecule has 2 aromatic rings. The summed E-state index contributed by atoms with van der Waals surface area (Å²) < 4.78 is 26.1. The summed E-state index contributed by atoms with van der Waals surface area (Å²) in [5.74, 6) is -0.390. The van der Waals surface area contributed by atoms with Crippen molar-refractivity contribution in [1.82, 2.24) is 9.88 Å². The molecule has 1 spiro atoms. The van der Waals surface area contributed by atoms with Crippen LogP contribution in [0, 0.1) is 11.9 Å². The first-order valence-electron chi connectivity index (χ1n) is 9.15. The monoisotopic (exact) mass is 382 g/mol. The molecule has 28 heavy (non-hydrogen) atoms. The highest BCUT2D eigenvalue weighted by atomic mass is 19.1. The summed E-state index contributed by atoms with van der Waals surface area (Å²) >= 11 is 0. The number of aliphatic imine (C=N–C) groups is 1. The second-order valence-corrected chi connectivity index (χ2v) is 7.28. The van der Waals surface area contributed by atoms with Crippen molar-refractivity contribution >= 4 is 11.9 Å². The first-order chi connectivity index (χ1) is 13.5. The highest BCUT2D eigenvalue weighted by Gasteiger charge is 2.60. The van der Waals surface area contributed by atoms with Gasteiger partial charge in [-0.2, -0.15) is 4.39 Å². The van der Waals surface area contributed by atoms with Gasteiger partial charge in [-0.1, -0.05) is 6.07 Å². The Balaban J connectivity index is 1.74. The van der Waals surface area contributed by atoms with Crippen LogP contribution in [0.5, 0.6) is 5.75 Å². The third-order valence-corrected chi connectivity index (χ3v) is 5.83. The lowest BCUT2D eigenvalue weighted by Crippen LogP contribution is -2.56. The summed E-state index contributed by atoms with van der Waals surface area (Å²) in [4.78, 5) is 23.1. The Labute approximate surface area is 161 Å². The molecule has 1 amide bonds. The smallest absolute Gasteiger partial charge is 0.262 e. The van der Waals surface area contributed by atoms with E-state index in [2.05, 4.69) is 9.98 Å². The topological polar surface area (TPSA) is 90.0 Å². The molecule has 1 aromatic heterocycles. The molecule has 1 aromatic carbocycles. The Bertz CT molecular complexity index is 1010. The minimum atomic E-state index is -1.23. The highest BCUT2D eigenvalue weighted by molar-refractivity contribution is 6.07. The summed E-state index contributed by atoms with van der Waals surface area (Å²) in [6, 6.07) is 8.60. The van der Waals surface area contributed by atoms with E-state index in [9.17, 15) is 9.18 Å². The molecule has 1 fully saturated rings. The van der Waals surface area contributed by atoms with Crippen molar-refractivity contribution in [1.29, 1.82) is 0 Å². The van der Waals surface area contributed by atoms with Crippen LogP contribution >= 0.6 is 0 Å². The molecule has 1 unspecified atom stereocenters. The van der Waals surface area contributed by atoms with Gasteiger partial charge in [0.25, 0.3) is 5.91 Å². The maximum atomic E-state index is 14.3. The van der Waals surface area contributed by atoms with E-state index in [4.69, 9.17) is 15.2 Å². The molecule has 0 bridgehead atoms. The average Bonchev–Trinajstić information content (AvgIpc) is 2.93. The fourth-order valence-electron chi connectivity index (χ4n) is 4.39. The zero-order chi connectivity index (χ0) is 19.5. The molecular formula is C20H19FN4O3. The zero-order valence-corrected chi connectivity index (χ0v) is 15.3. The molecule has 8 heteroatoms. The van der Waals surface area contributed by atoms with Crippen LogP contribution in [-0.4, -0.2) is 48.1 Å². The van der Waals surface area contributed by atoms with Crippen molar-refractivity contribution in [2.45, 2.75) is 18.1 Å². The molecule has 0 saturated carbocycles. The number of carbonyl (C=O) groups is 1. The van der Waals surface area contributed by atoms with Gasteiger partial charge in [0.2, 0.25) is 5.95 Å². The number of guanidine groups is 1. The summed E-state index contributed by atoms with van der Waals surface area (Å²) in [5.41, 5.74) is 6.32. The van der Waals surface area contributed by atoms with E-state index in [0.29, 0.717) is 42.1 Å². The number of nitrogens with zero attached hydrogens (tertiary/aromatic N) is 3. The van der Waals surface area contributed by atoms with Crippen molar-refractivity contribution < 1.29 is 18.7 Å². The predicted octanol–water partition coefficient (Wildman–Crippen LogP) is 1.67. The van der Waals surface area contributed by atoms with E-state index in [1.807, 2.05) is 0 Å². The Morgan fingerprint density at radius 3 is 2.96 bits per heavy atom. The molecule has 2 N–H and O–H groups in total. The van der Waals surface area contributed by atoms with E-state index >= 15 is 0 Å². The number of nitrogens with two attached hydrogens (primary N) is 1. The van der Waals surface area contributed by atoms with Gasteiger partial charge >= 0.3 is 0 Å². The number of ether oxygens (including phenoxy) is 2. The molecule has 1 saturated heterocycles. The van der Waals surface area contributed by atoms with Gasteiger partial charge in [0.15, 0.2) is 11.5 Å². The first-order valence-corrected chi connectivity index (χ1v) is 9.15. The first kappa shape index (κ1) is 17.1. The summed E-state index contributed by atoms with van der Waals surface area (Å²) in [5, 5.41) is 0. The number of carbonyl (C=O) groups excluding carboxylic acids is 1. The molecule has 5 rings (SSSR count). The normalized spacial score (nSPS) is 28.6. The largest absolute Gasteiger partial charge is 0.489 e. The number of hydrogen-bond acceptors (Lipinski definition) is 6. The van der Waals surface area contributed by atoms with Crippen LogP contribution in [0.3, 0.4) is 0 Å². The number of hydrogen-bond donors (Lipinski definition) is 1. The van der Waals surface area contributed by atoms with Gasteiger partial charge in [0.05, 0.1) is 19.1 Å². The molecule has 0 radical (unpaired) electrons. The zero-order valence-electron chi connectivity index (χ0n) is 15.3. The van der Waals surface area contributed by atoms with Crippen LogP contribution in [0.1, 0.15) is 12.0 Å². The van der Waals surface area contributed by atoms with Gasteiger partial charge in [-0.3, -0.25) is 9.69 Å².